The summed E-state index contributed by atoms with van der Waals surface area (Å²) in [6.07, 6.45) is 0. The van der Waals surface area contributed by atoms with E-state index in [1.807, 2.05) is 78.9 Å². The van der Waals surface area contributed by atoms with Crippen molar-refractivity contribution < 1.29 is 24.7 Å². The minimum absolute atomic E-state index is 0.0862. The van der Waals surface area contributed by atoms with Crippen LogP contribution in [0, 0.1) is 0 Å². The lowest BCUT2D eigenvalue weighted by atomic mass is 9.98. The highest BCUT2D eigenvalue weighted by molar-refractivity contribution is 7.26. The Hall–Kier alpha value is -6.74. The molecule has 0 atom stereocenters. The second-order valence-electron chi connectivity index (χ2n) is 12.4. The maximum Gasteiger partial charge on any atom is 0.0645 e. The van der Waals surface area contributed by atoms with Crippen molar-refractivity contribution in [1.29, 1.82) is 0 Å². The molecule has 0 bridgehead atoms. The lowest BCUT2D eigenvalue weighted by Crippen LogP contribution is -2.10. The van der Waals surface area contributed by atoms with E-state index < -0.39 is 142 Å². The standard InChI is InChI=1S/C52H35NS/c1-4-12-36(13-5-1)39-20-22-42(23-21-39)43-28-33-51-48(34-43)49-35-50(46-18-10-11-19-47(46)52(49)54-51)53(44-29-24-40(25-30-44)37-14-6-2-7-15-37)45-31-26-41(27-32-45)38-16-8-3-9-17-38/h1-35H/i2D,3D,6D,7D,8D,9D,14D,15D,16D,17D,24D,25D,26D,27D,29D,30D,31D,32D. The third-order valence-corrected chi connectivity index (χ3v) is 10.4. The van der Waals surface area contributed by atoms with E-state index in [4.69, 9.17) is 13.7 Å². The van der Waals surface area contributed by atoms with Crippen LogP contribution in [0.4, 0.5) is 17.1 Å². The summed E-state index contributed by atoms with van der Waals surface area (Å²) in [5.74, 6) is 0. The number of rotatable bonds is 7. The first-order valence-corrected chi connectivity index (χ1v) is 17.8. The summed E-state index contributed by atoms with van der Waals surface area (Å²) in [5, 5.41) is 2.49. The Balaban J connectivity index is 1.30. The summed E-state index contributed by atoms with van der Waals surface area (Å²) in [6.45, 7) is 0. The zero-order chi connectivity index (χ0) is 51.5. The minimum atomic E-state index is -0.838. The second-order valence-corrected chi connectivity index (χ2v) is 13.4. The van der Waals surface area contributed by atoms with E-state index >= 15 is 0 Å². The average Bonchev–Trinajstić information content (AvgIpc) is 3.77. The van der Waals surface area contributed by atoms with Gasteiger partial charge >= 0.3 is 0 Å². The van der Waals surface area contributed by atoms with Gasteiger partial charge in [0, 0.05) is 42.3 Å². The van der Waals surface area contributed by atoms with E-state index in [2.05, 4.69) is 0 Å². The van der Waals surface area contributed by atoms with Crippen molar-refractivity contribution in [2.24, 2.45) is 0 Å². The van der Waals surface area contributed by atoms with E-state index in [0.717, 1.165) is 41.9 Å². The third kappa shape index (κ3) is 5.84. The molecule has 0 saturated heterocycles. The van der Waals surface area contributed by atoms with Crippen LogP contribution in [-0.2, 0) is 0 Å². The number of anilines is 3. The lowest BCUT2D eigenvalue weighted by Gasteiger charge is -2.27. The Kier molecular flexibility index (Phi) is 4.64. The Morgan fingerprint density at radius 2 is 0.833 bits per heavy atom. The highest BCUT2D eigenvalue weighted by atomic mass is 32.1. The largest absolute Gasteiger partial charge is 0.310 e. The quantitative estimate of drug-likeness (QED) is 0.158. The molecular weight excluding hydrogens is 671 g/mol. The van der Waals surface area contributed by atoms with Gasteiger partial charge in [0.1, 0.15) is 0 Å². The molecule has 1 aromatic heterocycles. The van der Waals surface area contributed by atoms with E-state index in [1.165, 1.54) is 11.3 Å². The lowest BCUT2D eigenvalue weighted by molar-refractivity contribution is 1.30. The maximum absolute atomic E-state index is 9.65. The fraction of sp³-hybridized carbons (Fsp3) is 0. The normalized spacial score (nSPS) is 16.0. The van der Waals surface area contributed by atoms with Crippen LogP contribution in [0.1, 0.15) is 24.7 Å². The van der Waals surface area contributed by atoms with Crippen LogP contribution >= 0.6 is 11.3 Å². The predicted octanol–water partition coefficient (Wildman–Crippen LogP) is 15.3. The van der Waals surface area contributed by atoms with Crippen LogP contribution in [0.5, 0.6) is 0 Å². The van der Waals surface area contributed by atoms with Crippen molar-refractivity contribution in [3.63, 3.8) is 0 Å². The molecule has 0 saturated carbocycles. The first-order chi connectivity index (χ1) is 34.3. The molecule has 0 N–H and O–H groups in total. The molecule has 0 radical (unpaired) electrons. The molecule has 0 amide bonds. The zero-order valence-electron chi connectivity index (χ0n) is 46.2. The molecule has 254 valence electrons. The topological polar surface area (TPSA) is 3.24 Å². The minimum Gasteiger partial charge on any atom is -0.310 e. The number of thiophene rings is 1. The van der Waals surface area contributed by atoms with Crippen molar-refractivity contribution in [2.45, 2.75) is 0 Å². The van der Waals surface area contributed by atoms with Gasteiger partial charge in [-0.1, -0.05) is 170 Å². The van der Waals surface area contributed by atoms with Gasteiger partial charge < -0.3 is 4.90 Å². The molecule has 0 unspecified atom stereocenters. The van der Waals surface area contributed by atoms with Crippen LogP contribution in [0.15, 0.2) is 212 Å². The van der Waals surface area contributed by atoms with E-state index in [9.17, 15) is 11.0 Å². The van der Waals surface area contributed by atoms with Gasteiger partial charge in [-0.25, -0.2) is 0 Å². The Bertz CT molecular complexity index is 3710. The summed E-state index contributed by atoms with van der Waals surface area (Å²) in [6, 6.07) is 18.5. The van der Waals surface area contributed by atoms with E-state index in [1.54, 1.807) is 24.3 Å². The number of benzene rings is 9. The first-order valence-electron chi connectivity index (χ1n) is 26.0. The van der Waals surface area contributed by atoms with Gasteiger partial charge in [0.15, 0.2) is 0 Å². The Morgan fingerprint density at radius 1 is 0.352 bits per heavy atom. The van der Waals surface area contributed by atoms with Crippen LogP contribution in [-0.4, -0.2) is 0 Å². The molecule has 54 heavy (non-hydrogen) atoms. The maximum atomic E-state index is 9.65. The van der Waals surface area contributed by atoms with Crippen molar-refractivity contribution >= 4 is 59.3 Å². The molecule has 1 nitrogen and oxygen atoms in total. The van der Waals surface area contributed by atoms with Crippen LogP contribution in [0.2, 0.25) is 0 Å². The molecule has 0 aliphatic heterocycles. The van der Waals surface area contributed by atoms with Gasteiger partial charge in [0.2, 0.25) is 0 Å². The zero-order valence-corrected chi connectivity index (χ0v) is 29.0. The van der Waals surface area contributed by atoms with Crippen molar-refractivity contribution in [3.8, 4) is 44.5 Å². The van der Waals surface area contributed by atoms with Gasteiger partial charge in [0.25, 0.3) is 0 Å². The third-order valence-electron chi connectivity index (χ3n) is 9.19. The molecule has 9 aromatic carbocycles. The number of nitrogens with zero attached hydrogens (tertiary/aromatic N) is 1. The highest BCUT2D eigenvalue weighted by Crippen LogP contribution is 2.47. The summed E-state index contributed by atoms with van der Waals surface area (Å²) in [4.78, 5) is 1.09. The summed E-state index contributed by atoms with van der Waals surface area (Å²) >= 11 is 1.49. The molecule has 10 rings (SSSR count). The van der Waals surface area contributed by atoms with Crippen LogP contribution in [0.3, 0.4) is 0 Å². The monoisotopic (exact) mass is 723 g/mol. The van der Waals surface area contributed by atoms with Crippen LogP contribution in [0.25, 0.3) is 75.5 Å². The summed E-state index contributed by atoms with van der Waals surface area (Å²) in [5.41, 5.74) is 0.390. The second kappa shape index (κ2) is 13.7. The highest BCUT2D eigenvalue weighted by Gasteiger charge is 2.20. The summed E-state index contributed by atoms with van der Waals surface area (Å²) in [7, 11) is 0. The molecule has 0 spiro atoms. The Morgan fingerprint density at radius 3 is 1.43 bits per heavy atom. The SMILES string of the molecule is [2H]c1c([2H])c([2H])c(-c2c([2H])c([2H])c(N(c3c([2H])c([2H])c(-c4c([2H])c([2H])c([2H])c([2H])c4[2H])c([2H])c3[2H])c3cc4c5cc(-c6ccc(-c7ccccc7)cc6)ccc5sc4c4ccccc34)c([2H])c2[2H])c([2H])c1[2H]. The van der Waals surface area contributed by atoms with E-state index in [-0.39, 0.29) is 5.69 Å². The number of fused-ring (bicyclic) bond motifs is 5. The average molecular weight is 724 g/mol. The molecular formula is C52H35NS. The van der Waals surface area contributed by atoms with Crippen LogP contribution < -0.4 is 4.90 Å². The van der Waals surface area contributed by atoms with Gasteiger partial charge in [-0.15, -0.1) is 11.3 Å². The molecule has 0 fully saturated rings. The fourth-order valence-corrected chi connectivity index (χ4v) is 7.82. The molecule has 0 aliphatic rings. The van der Waals surface area contributed by atoms with E-state index in [0.29, 0.717) is 16.2 Å². The summed E-state index contributed by atoms with van der Waals surface area (Å²) < 4.78 is 162. The van der Waals surface area contributed by atoms with Gasteiger partial charge in [0.05, 0.1) is 30.4 Å². The van der Waals surface area contributed by atoms with Gasteiger partial charge in [-0.2, -0.15) is 0 Å². The smallest absolute Gasteiger partial charge is 0.0645 e. The predicted molar refractivity (Wildman–Crippen MR) is 233 cm³/mol. The Labute approximate surface area is 345 Å². The van der Waals surface area contributed by atoms with Crippen molar-refractivity contribution in [2.75, 3.05) is 4.90 Å². The van der Waals surface area contributed by atoms with Gasteiger partial charge in [-0.05, 0) is 86.9 Å². The fourth-order valence-electron chi connectivity index (χ4n) is 6.62. The van der Waals surface area contributed by atoms with Crippen molar-refractivity contribution in [3.05, 3.63) is 212 Å². The molecule has 2 heteroatoms. The molecule has 10 aromatic rings. The first kappa shape index (κ1) is 18.3. The number of hydrogen-bond acceptors (Lipinski definition) is 2. The number of hydrogen-bond donors (Lipinski definition) is 0. The van der Waals surface area contributed by atoms with Gasteiger partial charge in [-0.3, -0.25) is 0 Å². The van der Waals surface area contributed by atoms with Crippen molar-refractivity contribution in [1.82, 2.24) is 0 Å². The molecule has 0 aliphatic carbocycles. The molecule has 1 heterocycles.